The lowest BCUT2D eigenvalue weighted by molar-refractivity contribution is 0.666. The van der Waals surface area contributed by atoms with Crippen LogP contribution in [0.4, 0.5) is 0 Å². The molecule has 0 spiro atoms. The lowest BCUT2D eigenvalue weighted by Gasteiger charge is -2.15. The number of aromatic nitrogens is 3. The zero-order valence-electron chi connectivity index (χ0n) is 9.18. The molecule has 4 nitrogen and oxygen atoms in total. The van der Waals surface area contributed by atoms with Crippen molar-refractivity contribution < 1.29 is 0 Å². The zero-order chi connectivity index (χ0) is 11.5. The Labute approximate surface area is 103 Å². The number of hydrogen-bond acceptors (Lipinski definition) is 3. The molecule has 0 bridgehead atoms. The Bertz CT molecular complexity index is 480. The van der Waals surface area contributed by atoms with E-state index in [9.17, 15) is 0 Å². The predicted octanol–water partition coefficient (Wildman–Crippen LogP) is 1.89. The van der Waals surface area contributed by atoms with Crippen LogP contribution in [0.25, 0.3) is 0 Å². The van der Waals surface area contributed by atoms with Crippen molar-refractivity contribution in [2.75, 3.05) is 7.05 Å². The second kappa shape index (κ2) is 4.76. The van der Waals surface area contributed by atoms with Gasteiger partial charge in [-0.05, 0) is 35.1 Å². The molecule has 0 fully saturated rings. The first-order valence-corrected chi connectivity index (χ1v) is 5.78. The first kappa shape index (κ1) is 11.3. The molecule has 1 N–H and O–H groups in total. The Morgan fingerprint density at radius 3 is 2.88 bits per heavy atom. The van der Waals surface area contributed by atoms with Gasteiger partial charge < -0.3 is 5.32 Å². The van der Waals surface area contributed by atoms with Crippen molar-refractivity contribution in [3.8, 4) is 0 Å². The van der Waals surface area contributed by atoms with E-state index in [0.717, 1.165) is 15.7 Å². The van der Waals surface area contributed by atoms with Crippen LogP contribution in [0.3, 0.4) is 0 Å². The summed E-state index contributed by atoms with van der Waals surface area (Å²) in [5, 5.41) is 7.42. The Kier molecular flexibility index (Phi) is 3.36. The second-order valence-corrected chi connectivity index (χ2v) is 4.39. The number of hydrogen-bond donors (Lipinski definition) is 1. The summed E-state index contributed by atoms with van der Waals surface area (Å²) in [7, 11) is 3.82. The van der Waals surface area contributed by atoms with Gasteiger partial charge in [0.15, 0.2) is 0 Å². The second-order valence-electron chi connectivity index (χ2n) is 3.54. The van der Waals surface area contributed by atoms with E-state index in [1.165, 1.54) is 0 Å². The molecule has 2 heterocycles. The van der Waals surface area contributed by atoms with E-state index in [1.54, 1.807) is 10.9 Å². The maximum absolute atomic E-state index is 4.39. The summed E-state index contributed by atoms with van der Waals surface area (Å²) in [6, 6.07) is 3.95. The van der Waals surface area contributed by atoms with Gasteiger partial charge in [0.2, 0.25) is 0 Å². The van der Waals surface area contributed by atoms with Crippen LogP contribution < -0.4 is 5.32 Å². The van der Waals surface area contributed by atoms with Crippen molar-refractivity contribution >= 4 is 15.9 Å². The summed E-state index contributed by atoms with van der Waals surface area (Å²) < 4.78 is 2.79. The fraction of sp³-hybridized carbons (Fsp3) is 0.273. The number of halogens is 1. The molecule has 0 aromatic carbocycles. The molecule has 84 valence electrons. The molecule has 0 aliphatic rings. The first-order chi connectivity index (χ1) is 7.72. The van der Waals surface area contributed by atoms with Gasteiger partial charge in [0, 0.05) is 29.5 Å². The average molecular weight is 281 g/mol. The molecule has 1 atom stereocenters. The van der Waals surface area contributed by atoms with Gasteiger partial charge in [-0.3, -0.25) is 9.67 Å². The zero-order valence-corrected chi connectivity index (χ0v) is 10.8. The molecule has 1 unspecified atom stereocenters. The summed E-state index contributed by atoms with van der Waals surface area (Å²) in [5.74, 6) is 0. The van der Waals surface area contributed by atoms with Crippen molar-refractivity contribution in [3.05, 3.63) is 46.5 Å². The third-order valence-corrected chi connectivity index (χ3v) is 3.08. The molecule has 0 saturated carbocycles. The molecular formula is C11H13BrN4. The van der Waals surface area contributed by atoms with Gasteiger partial charge in [-0.2, -0.15) is 5.10 Å². The maximum atomic E-state index is 4.39. The van der Waals surface area contributed by atoms with Crippen LogP contribution in [0.1, 0.15) is 17.3 Å². The van der Waals surface area contributed by atoms with Crippen molar-refractivity contribution in [3.63, 3.8) is 0 Å². The van der Waals surface area contributed by atoms with E-state index in [1.807, 2.05) is 38.6 Å². The lowest BCUT2D eigenvalue weighted by atomic mass is 10.1. The summed E-state index contributed by atoms with van der Waals surface area (Å²) in [5.41, 5.74) is 2.07. The number of nitrogens with zero attached hydrogens (tertiary/aromatic N) is 3. The molecule has 2 aromatic rings. The topological polar surface area (TPSA) is 42.7 Å². The van der Waals surface area contributed by atoms with E-state index < -0.39 is 0 Å². The monoisotopic (exact) mass is 280 g/mol. The van der Waals surface area contributed by atoms with Crippen LogP contribution in [-0.2, 0) is 7.05 Å². The van der Waals surface area contributed by atoms with E-state index in [0.29, 0.717) is 0 Å². The molecule has 0 aliphatic heterocycles. The van der Waals surface area contributed by atoms with Gasteiger partial charge in [-0.15, -0.1) is 0 Å². The molecule has 0 saturated heterocycles. The van der Waals surface area contributed by atoms with Crippen molar-refractivity contribution in [1.29, 1.82) is 0 Å². The third kappa shape index (κ3) is 2.15. The maximum Gasteiger partial charge on any atom is 0.0791 e. The molecule has 0 aliphatic carbocycles. The fourth-order valence-corrected chi connectivity index (χ4v) is 2.14. The van der Waals surface area contributed by atoms with Gasteiger partial charge in [0.25, 0.3) is 0 Å². The number of nitrogens with one attached hydrogen (secondary N) is 1. The van der Waals surface area contributed by atoms with E-state index >= 15 is 0 Å². The normalized spacial score (nSPS) is 12.7. The quantitative estimate of drug-likeness (QED) is 0.934. The van der Waals surface area contributed by atoms with Crippen LogP contribution in [-0.4, -0.2) is 21.8 Å². The summed E-state index contributed by atoms with van der Waals surface area (Å²) in [6.45, 7) is 0. The molecule has 2 rings (SSSR count). The van der Waals surface area contributed by atoms with Crippen LogP contribution >= 0.6 is 15.9 Å². The summed E-state index contributed by atoms with van der Waals surface area (Å²) >= 11 is 3.51. The van der Waals surface area contributed by atoms with Gasteiger partial charge in [-0.1, -0.05) is 0 Å². The van der Waals surface area contributed by atoms with Crippen LogP contribution in [0.2, 0.25) is 0 Å². The summed E-state index contributed by atoms with van der Waals surface area (Å²) in [4.78, 5) is 4.39. The van der Waals surface area contributed by atoms with Crippen LogP contribution in [0, 0.1) is 0 Å². The van der Waals surface area contributed by atoms with Gasteiger partial charge in [0.1, 0.15) is 0 Å². The van der Waals surface area contributed by atoms with Crippen LogP contribution in [0.5, 0.6) is 0 Å². The van der Waals surface area contributed by atoms with Gasteiger partial charge in [-0.25, -0.2) is 0 Å². The summed E-state index contributed by atoms with van der Waals surface area (Å²) in [6.07, 6.45) is 5.63. The minimum atomic E-state index is 0.0595. The third-order valence-electron chi connectivity index (χ3n) is 2.41. The predicted molar refractivity (Wildman–Crippen MR) is 66.0 cm³/mol. The molecule has 0 amide bonds. The highest BCUT2D eigenvalue weighted by molar-refractivity contribution is 9.10. The Hall–Kier alpha value is -1.20. The van der Waals surface area contributed by atoms with Gasteiger partial charge in [0.05, 0.1) is 17.9 Å². The highest BCUT2D eigenvalue weighted by atomic mass is 79.9. The van der Waals surface area contributed by atoms with Gasteiger partial charge >= 0.3 is 0 Å². The first-order valence-electron chi connectivity index (χ1n) is 4.98. The minimum absolute atomic E-state index is 0.0595. The SMILES string of the molecule is CNC(c1cnn(C)c1)c1ncccc1Br. The molecule has 5 heteroatoms. The molecular weight excluding hydrogens is 268 g/mol. The highest BCUT2D eigenvalue weighted by Gasteiger charge is 2.17. The van der Waals surface area contributed by atoms with Crippen molar-refractivity contribution in [1.82, 2.24) is 20.1 Å². The Morgan fingerprint density at radius 1 is 1.50 bits per heavy atom. The highest BCUT2D eigenvalue weighted by Crippen LogP contribution is 2.25. The smallest absolute Gasteiger partial charge is 0.0791 e. The Morgan fingerprint density at radius 2 is 2.31 bits per heavy atom. The van der Waals surface area contributed by atoms with E-state index in [-0.39, 0.29) is 6.04 Å². The fourth-order valence-electron chi connectivity index (χ4n) is 1.66. The lowest BCUT2D eigenvalue weighted by Crippen LogP contribution is -2.18. The van der Waals surface area contributed by atoms with Crippen molar-refractivity contribution in [2.24, 2.45) is 7.05 Å². The number of rotatable bonds is 3. The van der Waals surface area contributed by atoms with Crippen molar-refractivity contribution in [2.45, 2.75) is 6.04 Å². The van der Waals surface area contributed by atoms with Crippen LogP contribution in [0.15, 0.2) is 35.2 Å². The number of pyridine rings is 1. The number of aryl methyl sites for hydroxylation is 1. The minimum Gasteiger partial charge on any atom is -0.308 e. The largest absolute Gasteiger partial charge is 0.308 e. The molecule has 16 heavy (non-hydrogen) atoms. The standard InChI is InChI=1S/C11H13BrN4/c1-13-10(8-6-15-16(2)7-8)11-9(12)4-3-5-14-11/h3-7,10,13H,1-2H3. The van der Waals surface area contributed by atoms with E-state index in [2.05, 4.69) is 31.3 Å². The molecule has 0 radical (unpaired) electrons. The van der Waals surface area contributed by atoms with E-state index in [4.69, 9.17) is 0 Å². The molecule has 2 aromatic heterocycles. The Balaban J connectivity index is 2.40. The average Bonchev–Trinajstić information content (AvgIpc) is 2.69.